The summed E-state index contributed by atoms with van der Waals surface area (Å²) in [6, 6.07) is 10.7. The van der Waals surface area contributed by atoms with Gasteiger partial charge >= 0.3 is 0 Å². The third kappa shape index (κ3) is 5.38. The van der Waals surface area contributed by atoms with Crippen molar-refractivity contribution in [2.24, 2.45) is 5.41 Å². The molecule has 6 heteroatoms. The van der Waals surface area contributed by atoms with Crippen molar-refractivity contribution in [2.75, 3.05) is 32.7 Å². The van der Waals surface area contributed by atoms with Crippen LogP contribution in [-0.4, -0.2) is 65.3 Å². The fourth-order valence-corrected chi connectivity index (χ4v) is 6.26. The lowest BCUT2D eigenvalue weighted by molar-refractivity contribution is -0.138. The topological polar surface area (TPSA) is 43.9 Å². The van der Waals surface area contributed by atoms with Gasteiger partial charge in [0.15, 0.2) is 0 Å². The first kappa shape index (κ1) is 24.9. The van der Waals surface area contributed by atoms with Crippen molar-refractivity contribution in [1.29, 1.82) is 0 Å². The second-order valence-electron chi connectivity index (χ2n) is 11.0. The molecule has 4 rings (SSSR count). The summed E-state index contributed by atoms with van der Waals surface area (Å²) in [5.74, 6) is 0.387. The molecule has 0 saturated carbocycles. The van der Waals surface area contributed by atoms with Gasteiger partial charge in [0.1, 0.15) is 0 Å². The minimum atomic E-state index is -0.213. The Morgan fingerprint density at radius 1 is 1.00 bits per heavy atom. The number of hydrogen-bond acceptors (Lipinski definition) is 4. The van der Waals surface area contributed by atoms with Crippen molar-refractivity contribution >= 4 is 23.2 Å². The number of fused-ring (bicyclic) bond motifs is 1. The van der Waals surface area contributed by atoms with Crippen LogP contribution in [0.3, 0.4) is 0 Å². The Balaban J connectivity index is 1.50. The molecule has 1 aromatic heterocycles. The lowest BCUT2D eigenvalue weighted by atomic mass is 9.89. The molecule has 3 heterocycles. The number of benzene rings is 1. The minimum absolute atomic E-state index is 0.0211. The molecule has 0 aliphatic carbocycles. The van der Waals surface area contributed by atoms with Crippen LogP contribution in [0.4, 0.5) is 0 Å². The second-order valence-corrected chi connectivity index (χ2v) is 12.0. The minimum Gasteiger partial charge on any atom is -0.341 e. The maximum Gasteiger partial charge on any atom is 0.239 e. The average molecular weight is 482 g/mol. The van der Waals surface area contributed by atoms with Crippen LogP contribution in [0.15, 0.2) is 35.7 Å². The van der Waals surface area contributed by atoms with E-state index in [1.54, 1.807) is 0 Å². The summed E-state index contributed by atoms with van der Waals surface area (Å²) in [6.07, 6.45) is 2.37. The Kier molecular flexibility index (Phi) is 7.48. The molecular weight excluding hydrogens is 442 g/mol. The summed E-state index contributed by atoms with van der Waals surface area (Å²) in [4.78, 5) is 34.3. The van der Waals surface area contributed by atoms with E-state index in [2.05, 4.69) is 75.2 Å². The van der Waals surface area contributed by atoms with E-state index in [0.717, 1.165) is 32.5 Å². The summed E-state index contributed by atoms with van der Waals surface area (Å²) < 4.78 is 0. The molecular formula is C28H39N3O2S. The van der Waals surface area contributed by atoms with Crippen molar-refractivity contribution in [3.05, 3.63) is 57.3 Å². The van der Waals surface area contributed by atoms with Gasteiger partial charge in [0.25, 0.3) is 0 Å². The number of amides is 2. The second kappa shape index (κ2) is 10.2. The van der Waals surface area contributed by atoms with Crippen LogP contribution in [0.1, 0.15) is 68.1 Å². The lowest BCUT2D eigenvalue weighted by Gasteiger charge is -2.41. The fourth-order valence-electron chi connectivity index (χ4n) is 5.35. The van der Waals surface area contributed by atoms with E-state index in [-0.39, 0.29) is 29.3 Å². The monoisotopic (exact) mass is 481 g/mol. The maximum absolute atomic E-state index is 13.8. The van der Waals surface area contributed by atoms with Crippen LogP contribution in [0.2, 0.25) is 0 Å². The Hall–Kier alpha value is -2.18. The largest absolute Gasteiger partial charge is 0.341 e. The molecule has 34 heavy (non-hydrogen) atoms. The van der Waals surface area contributed by atoms with Crippen LogP contribution in [0, 0.1) is 12.3 Å². The summed E-state index contributed by atoms with van der Waals surface area (Å²) in [5.41, 5.74) is 3.88. The molecule has 1 aromatic carbocycles. The molecule has 0 N–H and O–H groups in total. The van der Waals surface area contributed by atoms with Gasteiger partial charge in [-0.2, -0.15) is 0 Å². The third-order valence-corrected chi connectivity index (χ3v) is 8.18. The highest BCUT2D eigenvalue weighted by Crippen LogP contribution is 2.40. The Morgan fingerprint density at radius 2 is 1.71 bits per heavy atom. The molecule has 0 bridgehead atoms. The van der Waals surface area contributed by atoms with Crippen LogP contribution in [-0.2, 0) is 16.0 Å². The normalized spacial score (nSPS) is 20.6. The van der Waals surface area contributed by atoms with Crippen molar-refractivity contribution in [3.8, 4) is 0 Å². The lowest BCUT2D eigenvalue weighted by Crippen LogP contribution is -2.51. The van der Waals surface area contributed by atoms with Gasteiger partial charge in [-0.05, 0) is 60.2 Å². The Bertz CT molecular complexity index is 1020. The predicted octanol–water partition coefficient (Wildman–Crippen LogP) is 4.89. The number of nitrogens with zero attached hydrogens (tertiary/aromatic N) is 3. The van der Waals surface area contributed by atoms with Crippen molar-refractivity contribution in [2.45, 2.75) is 66.0 Å². The van der Waals surface area contributed by atoms with Crippen LogP contribution in [0.5, 0.6) is 0 Å². The molecule has 184 valence electrons. The highest BCUT2D eigenvalue weighted by atomic mass is 32.1. The molecule has 1 saturated heterocycles. The number of carbonyl (C=O) groups excluding carboxylic acids is 2. The zero-order valence-electron chi connectivity index (χ0n) is 21.3. The van der Waals surface area contributed by atoms with Gasteiger partial charge in [-0.3, -0.25) is 14.5 Å². The molecule has 2 aliphatic rings. The number of thiophene rings is 1. The molecule has 2 aliphatic heterocycles. The highest BCUT2D eigenvalue weighted by Gasteiger charge is 2.37. The zero-order valence-corrected chi connectivity index (χ0v) is 22.2. The predicted molar refractivity (Wildman–Crippen MR) is 139 cm³/mol. The van der Waals surface area contributed by atoms with E-state index in [1.165, 1.54) is 21.6 Å². The molecule has 0 radical (unpaired) electrons. The van der Waals surface area contributed by atoms with Gasteiger partial charge in [-0.15, -0.1) is 11.3 Å². The van der Waals surface area contributed by atoms with E-state index >= 15 is 0 Å². The van der Waals surface area contributed by atoms with E-state index in [0.29, 0.717) is 19.5 Å². The summed E-state index contributed by atoms with van der Waals surface area (Å²) >= 11 is 1.83. The van der Waals surface area contributed by atoms with Gasteiger partial charge in [-0.25, -0.2) is 0 Å². The van der Waals surface area contributed by atoms with Gasteiger partial charge in [-0.1, -0.05) is 45.0 Å². The first-order valence-electron chi connectivity index (χ1n) is 12.6. The molecule has 2 amide bonds. The van der Waals surface area contributed by atoms with Crippen LogP contribution >= 0.6 is 11.3 Å². The SMILES string of the molecule is Cc1ccccc1[C@H]1c2ccsc2CCN1[C@@H](C)C(=O)N1CCCN(C(=O)CC(C)(C)C)CC1. The Morgan fingerprint density at radius 3 is 2.44 bits per heavy atom. The Labute approximate surface area is 208 Å². The molecule has 2 aromatic rings. The molecule has 2 atom stereocenters. The van der Waals surface area contributed by atoms with Crippen molar-refractivity contribution in [3.63, 3.8) is 0 Å². The summed E-state index contributed by atoms with van der Waals surface area (Å²) in [6.45, 7) is 14.1. The van der Waals surface area contributed by atoms with E-state index in [9.17, 15) is 9.59 Å². The first-order chi connectivity index (χ1) is 16.2. The molecule has 0 unspecified atom stereocenters. The quantitative estimate of drug-likeness (QED) is 0.625. The zero-order chi connectivity index (χ0) is 24.5. The van der Waals surface area contributed by atoms with Crippen LogP contribution < -0.4 is 0 Å². The number of rotatable bonds is 4. The van der Waals surface area contributed by atoms with Gasteiger partial charge < -0.3 is 9.80 Å². The van der Waals surface area contributed by atoms with Gasteiger partial charge in [0, 0.05) is 44.0 Å². The maximum atomic E-state index is 13.8. The fraction of sp³-hybridized carbons (Fsp3) is 0.571. The van der Waals surface area contributed by atoms with Gasteiger partial charge in [0.2, 0.25) is 11.8 Å². The first-order valence-corrected chi connectivity index (χ1v) is 13.5. The van der Waals surface area contributed by atoms with Gasteiger partial charge in [0.05, 0.1) is 12.1 Å². The smallest absolute Gasteiger partial charge is 0.239 e. The summed E-state index contributed by atoms with van der Waals surface area (Å²) in [7, 11) is 0. The third-order valence-electron chi connectivity index (χ3n) is 7.18. The van der Waals surface area contributed by atoms with E-state index in [1.807, 2.05) is 21.1 Å². The highest BCUT2D eigenvalue weighted by molar-refractivity contribution is 7.10. The standard InChI is InChI=1S/C28H39N3O2S/c1-20-9-6-7-10-22(20)26-23-12-18-34-24(23)11-15-31(26)21(2)27(33)30-14-8-13-29(16-17-30)25(32)19-28(3,4)5/h6-7,9-10,12,18,21,26H,8,11,13-17,19H2,1-5H3/t21-,26-/m0/s1. The molecule has 0 spiro atoms. The van der Waals surface area contributed by atoms with Crippen LogP contribution in [0.25, 0.3) is 0 Å². The van der Waals surface area contributed by atoms with Crippen molar-refractivity contribution < 1.29 is 9.59 Å². The number of aryl methyl sites for hydroxylation is 1. The molecule has 1 fully saturated rings. The van der Waals surface area contributed by atoms with Crippen molar-refractivity contribution in [1.82, 2.24) is 14.7 Å². The number of hydrogen-bond donors (Lipinski definition) is 0. The number of carbonyl (C=O) groups is 2. The van der Waals surface area contributed by atoms with E-state index in [4.69, 9.17) is 0 Å². The average Bonchev–Trinajstić information content (AvgIpc) is 3.12. The molecule has 5 nitrogen and oxygen atoms in total. The van der Waals surface area contributed by atoms with E-state index < -0.39 is 0 Å². The summed E-state index contributed by atoms with van der Waals surface area (Å²) in [5, 5.41) is 2.18.